The Labute approximate surface area is 152 Å². The molecule has 2 aliphatic rings. The molecular weight excluding hydrogens is 364 g/mol. The third kappa shape index (κ3) is 3.89. The number of carbonyl (C=O) groups excluding carboxylic acids is 1. The van der Waals surface area contributed by atoms with Crippen LogP contribution in [0.5, 0.6) is 0 Å². The maximum atomic E-state index is 14.0. The number of rotatable bonds is 4. The lowest BCUT2D eigenvalue weighted by Gasteiger charge is -2.43. The van der Waals surface area contributed by atoms with Gasteiger partial charge in [-0.25, -0.2) is 17.2 Å². The lowest BCUT2D eigenvalue weighted by Crippen LogP contribution is -2.60. The third-order valence-electron chi connectivity index (χ3n) is 5.15. The first kappa shape index (κ1) is 19.2. The van der Waals surface area contributed by atoms with Crippen molar-refractivity contribution in [2.45, 2.75) is 18.6 Å². The average Bonchev–Trinajstić information content (AvgIpc) is 2.89. The Balaban J connectivity index is 1.80. The zero-order chi connectivity index (χ0) is 19.1. The number of nitrogens with zero attached hydrogens (tertiary/aromatic N) is 3. The van der Waals surface area contributed by atoms with Gasteiger partial charge in [-0.15, -0.1) is 0 Å². The molecule has 3 rings (SSSR count). The SMILES string of the molecule is CN(C)C(=O)CN1CCN(Cc2cccc(F)c2F)[C@@H]2CS(=O)(=O)C[C@@H]21. The number of piperazine rings is 1. The number of likely N-dealkylation sites (N-methyl/N-ethyl adjacent to an activating group) is 1. The maximum Gasteiger partial charge on any atom is 0.236 e. The smallest absolute Gasteiger partial charge is 0.236 e. The minimum absolute atomic E-state index is 0.0134. The maximum absolute atomic E-state index is 14.0. The molecule has 9 heteroatoms. The molecule has 0 aliphatic carbocycles. The molecule has 1 aromatic rings. The molecule has 0 spiro atoms. The van der Waals surface area contributed by atoms with Crippen LogP contribution in [0.4, 0.5) is 8.78 Å². The fraction of sp³-hybridized carbons (Fsp3) is 0.588. The highest BCUT2D eigenvalue weighted by molar-refractivity contribution is 7.91. The second-order valence-corrected chi connectivity index (χ2v) is 9.31. The van der Waals surface area contributed by atoms with Crippen molar-refractivity contribution in [3.8, 4) is 0 Å². The van der Waals surface area contributed by atoms with Gasteiger partial charge < -0.3 is 4.90 Å². The Hall–Kier alpha value is -1.58. The predicted molar refractivity (Wildman–Crippen MR) is 93.3 cm³/mol. The average molecular weight is 387 g/mol. The van der Waals surface area contributed by atoms with Gasteiger partial charge in [0.25, 0.3) is 0 Å². The van der Waals surface area contributed by atoms with Crippen molar-refractivity contribution < 1.29 is 22.0 Å². The molecule has 0 aromatic heterocycles. The van der Waals surface area contributed by atoms with E-state index in [4.69, 9.17) is 0 Å². The summed E-state index contributed by atoms with van der Waals surface area (Å²) < 4.78 is 51.9. The Morgan fingerprint density at radius 3 is 2.42 bits per heavy atom. The van der Waals surface area contributed by atoms with Crippen LogP contribution in [0.1, 0.15) is 5.56 Å². The molecule has 0 N–H and O–H groups in total. The number of amides is 1. The van der Waals surface area contributed by atoms with Crippen LogP contribution in [-0.4, -0.2) is 86.3 Å². The Morgan fingerprint density at radius 1 is 1.15 bits per heavy atom. The first-order valence-corrected chi connectivity index (χ1v) is 10.3. The summed E-state index contributed by atoms with van der Waals surface area (Å²) in [6.07, 6.45) is 0. The van der Waals surface area contributed by atoms with Gasteiger partial charge >= 0.3 is 0 Å². The molecule has 1 aromatic carbocycles. The van der Waals surface area contributed by atoms with Crippen LogP contribution in [-0.2, 0) is 21.2 Å². The van der Waals surface area contributed by atoms with E-state index in [0.717, 1.165) is 6.07 Å². The summed E-state index contributed by atoms with van der Waals surface area (Å²) in [7, 11) is 0.0844. The van der Waals surface area contributed by atoms with Crippen molar-refractivity contribution in [2.75, 3.05) is 45.2 Å². The van der Waals surface area contributed by atoms with Gasteiger partial charge in [-0.3, -0.25) is 14.6 Å². The van der Waals surface area contributed by atoms with Crippen LogP contribution in [0.2, 0.25) is 0 Å². The molecule has 2 saturated heterocycles. The standard InChI is InChI=1S/C17H23F2N3O3S/c1-20(2)16(23)9-22-7-6-21(14-10-26(24,25)11-15(14)22)8-12-4-3-5-13(18)17(12)19/h3-5,14-15H,6-11H2,1-2H3/t14-,15+/m1/s1. The van der Waals surface area contributed by atoms with E-state index in [1.54, 1.807) is 14.1 Å². The van der Waals surface area contributed by atoms with Gasteiger partial charge in [0.15, 0.2) is 21.5 Å². The van der Waals surface area contributed by atoms with Crippen LogP contribution < -0.4 is 0 Å². The summed E-state index contributed by atoms with van der Waals surface area (Å²) in [5, 5.41) is 0. The van der Waals surface area contributed by atoms with E-state index in [1.807, 2.05) is 9.80 Å². The lowest BCUT2D eigenvalue weighted by molar-refractivity contribution is -0.131. The second kappa shape index (κ2) is 7.21. The van der Waals surface area contributed by atoms with Crippen LogP contribution in [0.3, 0.4) is 0 Å². The number of benzene rings is 1. The van der Waals surface area contributed by atoms with Gasteiger partial charge in [-0.1, -0.05) is 12.1 Å². The zero-order valence-corrected chi connectivity index (χ0v) is 15.7. The van der Waals surface area contributed by atoms with Crippen molar-refractivity contribution in [3.63, 3.8) is 0 Å². The number of sulfone groups is 1. The molecule has 0 radical (unpaired) electrons. The van der Waals surface area contributed by atoms with Crippen LogP contribution in [0.15, 0.2) is 18.2 Å². The Morgan fingerprint density at radius 2 is 1.77 bits per heavy atom. The van der Waals surface area contributed by atoms with Crippen LogP contribution >= 0.6 is 0 Å². The first-order valence-electron chi connectivity index (χ1n) is 8.49. The molecule has 0 saturated carbocycles. The minimum Gasteiger partial charge on any atom is -0.348 e. The van der Waals surface area contributed by atoms with Crippen LogP contribution in [0.25, 0.3) is 0 Å². The number of hydrogen-bond acceptors (Lipinski definition) is 5. The number of hydrogen-bond donors (Lipinski definition) is 0. The van der Waals surface area contributed by atoms with Gasteiger partial charge in [-0.2, -0.15) is 0 Å². The summed E-state index contributed by atoms with van der Waals surface area (Å²) >= 11 is 0. The van der Waals surface area contributed by atoms with Gasteiger partial charge in [0.1, 0.15) is 0 Å². The lowest BCUT2D eigenvalue weighted by atomic mass is 10.0. The molecule has 2 fully saturated rings. The van der Waals surface area contributed by atoms with E-state index in [1.165, 1.54) is 17.0 Å². The monoisotopic (exact) mass is 387 g/mol. The molecule has 1 amide bonds. The molecule has 0 bridgehead atoms. The topological polar surface area (TPSA) is 60.9 Å². The number of carbonyl (C=O) groups is 1. The highest BCUT2D eigenvalue weighted by atomic mass is 32.2. The van der Waals surface area contributed by atoms with Gasteiger partial charge in [0.05, 0.1) is 18.1 Å². The molecule has 0 unspecified atom stereocenters. The van der Waals surface area contributed by atoms with Gasteiger partial charge in [0.2, 0.25) is 5.91 Å². The van der Waals surface area contributed by atoms with Gasteiger partial charge in [-0.05, 0) is 6.07 Å². The normalized spacial score (nSPS) is 25.8. The number of halogens is 2. The summed E-state index contributed by atoms with van der Waals surface area (Å²) in [6, 6.07) is 3.38. The fourth-order valence-corrected chi connectivity index (χ4v) is 5.74. The summed E-state index contributed by atoms with van der Waals surface area (Å²) in [4.78, 5) is 17.3. The molecule has 26 heavy (non-hydrogen) atoms. The number of fused-ring (bicyclic) bond motifs is 1. The van der Waals surface area contributed by atoms with E-state index in [9.17, 15) is 22.0 Å². The zero-order valence-electron chi connectivity index (χ0n) is 14.9. The van der Waals surface area contributed by atoms with E-state index < -0.39 is 21.5 Å². The van der Waals surface area contributed by atoms with E-state index in [-0.39, 0.29) is 48.1 Å². The minimum atomic E-state index is -3.24. The molecule has 144 valence electrons. The van der Waals surface area contributed by atoms with E-state index in [0.29, 0.717) is 13.1 Å². The van der Waals surface area contributed by atoms with Crippen molar-refractivity contribution in [2.24, 2.45) is 0 Å². The van der Waals surface area contributed by atoms with Crippen molar-refractivity contribution in [3.05, 3.63) is 35.4 Å². The summed E-state index contributed by atoms with van der Waals surface area (Å²) in [5.41, 5.74) is 0.214. The molecule has 2 heterocycles. The summed E-state index contributed by atoms with van der Waals surface area (Å²) in [5.74, 6) is -1.93. The van der Waals surface area contributed by atoms with Gasteiger partial charge in [0, 0.05) is 51.4 Å². The fourth-order valence-electron chi connectivity index (χ4n) is 3.69. The predicted octanol–water partition coefficient (Wildman–Crippen LogP) is 0.336. The quantitative estimate of drug-likeness (QED) is 0.746. The molecule has 2 aliphatic heterocycles. The van der Waals surface area contributed by atoms with E-state index >= 15 is 0 Å². The van der Waals surface area contributed by atoms with Crippen molar-refractivity contribution >= 4 is 15.7 Å². The molecule has 6 nitrogen and oxygen atoms in total. The highest BCUT2D eigenvalue weighted by Crippen LogP contribution is 2.28. The van der Waals surface area contributed by atoms with Crippen LogP contribution in [0, 0.1) is 11.6 Å². The highest BCUT2D eigenvalue weighted by Gasteiger charge is 2.46. The second-order valence-electron chi connectivity index (χ2n) is 7.15. The van der Waals surface area contributed by atoms with Crippen molar-refractivity contribution in [1.82, 2.24) is 14.7 Å². The van der Waals surface area contributed by atoms with E-state index in [2.05, 4.69) is 0 Å². The Bertz CT molecular complexity index is 800. The molecular formula is C17H23F2N3O3S. The van der Waals surface area contributed by atoms with Crippen molar-refractivity contribution in [1.29, 1.82) is 0 Å². The molecule has 2 atom stereocenters. The largest absolute Gasteiger partial charge is 0.348 e. The third-order valence-corrected chi connectivity index (χ3v) is 6.85. The summed E-state index contributed by atoms with van der Waals surface area (Å²) in [6.45, 7) is 1.31. The first-order chi connectivity index (χ1) is 12.2. The Kier molecular flexibility index (Phi) is 5.32.